The van der Waals surface area contributed by atoms with Gasteiger partial charge in [0.05, 0.1) is 24.7 Å². The summed E-state index contributed by atoms with van der Waals surface area (Å²) in [5.74, 6) is -1.08. The SMILES string of the molecule is COc1cccc2c1C(=O)c1ccc3c(c1C2=O)[C@@H](O)C[C@@H](C)[C@@H]3OC(=O)C(C)C. The number of hydrogen-bond acceptors (Lipinski definition) is 6. The molecular formula is C24H24O6. The molecule has 6 heteroatoms. The average Bonchev–Trinajstić information content (AvgIpc) is 2.73. The molecule has 4 rings (SSSR count). The normalized spacial score (nSPS) is 22.3. The molecule has 1 N–H and O–H groups in total. The summed E-state index contributed by atoms with van der Waals surface area (Å²) in [7, 11) is 1.45. The van der Waals surface area contributed by atoms with Gasteiger partial charge in [-0.25, -0.2) is 0 Å². The van der Waals surface area contributed by atoms with E-state index in [1.807, 2.05) is 6.92 Å². The van der Waals surface area contributed by atoms with E-state index in [2.05, 4.69) is 0 Å². The minimum absolute atomic E-state index is 0.130. The van der Waals surface area contributed by atoms with Crippen molar-refractivity contribution in [1.29, 1.82) is 0 Å². The third kappa shape index (κ3) is 2.94. The van der Waals surface area contributed by atoms with Gasteiger partial charge in [-0.2, -0.15) is 0 Å². The first-order chi connectivity index (χ1) is 14.3. The molecule has 0 bridgehead atoms. The van der Waals surface area contributed by atoms with Gasteiger partial charge >= 0.3 is 5.97 Å². The lowest BCUT2D eigenvalue weighted by molar-refractivity contribution is -0.157. The first kappa shape index (κ1) is 20.3. The molecule has 2 aromatic carbocycles. The second-order valence-electron chi connectivity index (χ2n) is 8.27. The van der Waals surface area contributed by atoms with Gasteiger partial charge < -0.3 is 14.6 Å². The van der Waals surface area contributed by atoms with E-state index < -0.39 is 12.2 Å². The quantitative estimate of drug-likeness (QED) is 0.664. The van der Waals surface area contributed by atoms with Crippen LogP contribution in [0.1, 0.15) is 82.4 Å². The lowest BCUT2D eigenvalue weighted by atomic mass is 9.73. The third-order valence-corrected chi connectivity index (χ3v) is 5.93. The summed E-state index contributed by atoms with van der Waals surface area (Å²) in [6.07, 6.45) is -1.19. The van der Waals surface area contributed by atoms with Crippen molar-refractivity contribution in [2.24, 2.45) is 11.8 Å². The van der Waals surface area contributed by atoms with E-state index in [1.54, 1.807) is 44.2 Å². The summed E-state index contributed by atoms with van der Waals surface area (Å²) in [4.78, 5) is 38.9. The van der Waals surface area contributed by atoms with Crippen molar-refractivity contribution in [2.45, 2.75) is 39.4 Å². The monoisotopic (exact) mass is 408 g/mol. The Morgan fingerprint density at radius 2 is 1.73 bits per heavy atom. The molecule has 2 aromatic rings. The van der Waals surface area contributed by atoms with Crippen LogP contribution in [-0.2, 0) is 9.53 Å². The fourth-order valence-electron chi connectivity index (χ4n) is 4.41. The van der Waals surface area contributed by atoms with Crippen LogP contribution in [0.4, 0.5) is 0 Å². The van der Waals surface area contributed by atoms with Crippen molar-refractivity contribution in [3.63, 3.8) is 0 Å². The third-order valence-electron chi connectivity index (χ3n) is 5.93. The summed E-state index contributed by atoms with van der Waals surface area (Å²) < 4.78 is 11.0. The number of fused-ring (bicyclic) bond motifs is 4. The number of aliphatic hydroxyl groups is 1. The van der Waals surface area contributed by atoms with Crippen LogP contribution < -0.4 is 4.74 Å². The van der Waals surface area contributed by atoms with E-state index in [9.17, 15) is 19.5 Å². The number of rotatable bonds is 3. The maximum absolute atomic E-state index is 13.4. The Labute approximate surface area is 174 Å². The van der Waals surface area contributed by atoms with Crippen LogP contribution in [0.15, 0.2) is 30.3 Å². The summed E-state index contributed by atoms with van der Waals surface area (Å²) in [6, 6.07) is 8.18. The van der Waals surface area contributed by atoms with Gasteiger partial charge in [-0.05, 0) is 29.7 Å². The lowest BCUT2D eigenvalue weighted by Crippen LogP contribution is -2.31. The van der Waals surface area contributed by atoms with Crippen molar-refractivity contribution in [3.05, 3.63) is 63.7 Å². The van der Waals surface area contributed by atoms with Crippen molar-refractivity contribution in [2.75, 3.05) is 7.11 Å². The van der Waals surface area contributed by atoms with E-state index in [0.29, 0.717) is 23.3 Å². The highest BCUT2D eigenvalue weighted by molar-refractivity contribution is 6.30. The number of carbonyl (C=O) groups excluding carboxylic acids is 3. The fourth-order valence-corrected chi connectivity index (χ4v) is 4.41. The maximum atomic E-state index is 13.4. The first-order valence-electron chi connectivity index (χ1n) is 10.1. The van der Waals surface area contributed by atoms with E-state index in [0.717, 1.165) is 0 Å². The second-order valence-corrected chi connectivity index (χ2v) is 8.27. The van der Waals surface area contributed by atoms with Gasteiger partial charge in [0.1, 0.15) is 11.9 Å². The first-order valence-corrected chi connectivity index (χ1v) is 10.1. The Morgan fingerprint density at radius 1 is 1.07 bits per heavy atom. The smallest absolute Gasteiger partial charge is 0.308 e. The fraction of sp³-hybridized carbons (Fsp3) is 0.375. The number of ketones is 2. The number of carbonyl (C=O) groups is 3. The molecule has 0 radical (unpaired) electrons. The molecule has 0 amide bonds. The number of benzene rings is 2. The number of esters is 1. The Balaban J connectivity index is 1.90. The van der Waals surface area contributed by atoms with E-state index in [-0.39, 0.29) is 51.6 Å². The van der Waals surface area contributed by atoms with Crippen LogP contribution >= 0.6 is 0 Å². The lowest BCUT2D eigenvalue weighted by Gasteiger charge is -2.36. The second kappa shape index (κ2) is 7.36. The van der Waals surface area contributed by atoms with Crippen LogP contribution in [0.25, 0.3) is 0 Å². The van der Waals surface area contributed by atoms with Crippen molar-refractivity contribution < 1.29 is 29.0 Å². The van der Waals surface area contributed by atoms with Gasteiger partial charge in [0, 0.05) is 22.6 Å². The Bertz CT molecular complexity index is 1070. The summed E-state index contributed by atoms with van der Waals surface area (Å²) in [5.41, 5.74) is 1.89. The van der Waals surface area contributed by atoms with E-state index >= 15 is 0 Å². The van der Waals surface area contributed by atoms with Gasteiger partial charge in [0.25, 0.3) is 0 Å². The van der Waals surface area contributed by atoms with Gasteiger partial charge in [-0.15, -0.1) is 0 Å². The number of hydrogen-bond donors (Lipinski definition) is 1. The minimum Gasteiger partial charge on any atom is -0.496 e. The molecule has 2 aliphatic carbocycles. The van der Waals surface area contributed by atoms with Gasteiger partial charge in [-0.3, -0.25) is 14.4 Å². The summed E-state index contributed by atoms with van der Waals surface area (Å²) >= 11 is 0. The summed E-state index contributed by atoms with van der Waals surface area (Å²) in [6.45, 7) is 5.41. The molecule has 3 atom stereocenters. The van der Waals surface area contributed by atoms with Crippen LogP contribution in [0.3, 0.4) is 0 Å². The predicted octanol–water partition coefficient (Wildman–Crippen LogP) is 3.78. The molecule has 0 saturated carbocycles. The molecule has 0 unspecified atom stereocenters. The average molecular weight is 408 g/mol. The molecule has 0 saturated heterocycles. The highest BCUT2D eigenvalue weighted by Gasteiger charge is 2.42. The Kier molecular flexibility index (Phi) is 4.98. The number of ether oxygens (including phenoxy) is 2. The molecule has 2 aliphatic rings. The van der Waals surface area contributed by atoms with Crippen LogP contribution in [0.2, 0.25) is 0 Å². The molecule has 0 fully saturated rings. The van der Waals surface area contributed by atoms with Crippen LogP contribution in [0, 0.1) is 11.8 Å². The van der Waals surface area contributed by atoms with Gasteiger partial charge in [-0.1, -0.05) is 39.0 Å². The molecule has 156 valence electrons. The van der Waals surface area contributed by atoms with E-state index in [1.165, 1.54) is 7.11 Å². The topological polar surface area (TPSA) is 89.9 Å². The molecule has 0 aromatic heterocycles. The zero-order chi connectivity index (χ0) is 21.7. The molecule has 30 heavy (non-hydrogen) atoms. The van der Waals surface area contributed by atoms with Gasteiger partial charge in [0.15, 0.2) is 11.6 Å². The molecule has 0 heterocycles. The molecule has 0 aliphatic heterocycles. The number of aliphatic hydroxyl groups excluding tert-OH is 1. The predicted molar refractivity (Wildman–Crippen MR) is 109 cm³/mol. The van der Waals surface area contributed by atoms with Crippen LogP contribution in [-0.4, -0.2) is 29.8 Å². The molecule has 0 spiro atoms. The largest absolute Gasteiger partial charge is 0.496 e. The van der Waals surface area contributed by atoms with Crippen molar-refractivity contribution in [3.8, 4) is 5.75 Å². The zero-order valence-corrected chi connectivity index (χ0v) is 17.4. The maximum Gasteiger partial charge on any atom is 0.308 e. The van der Waals surface area contributed by atoms with Crippen LogP contribution in [0.5, 0.6) is 5.75 Å². The highest BCUT2D eigenvalue weighted by Crippen LogP contribution is 2.47. The van der Waals surface area contributed by atoms with Crippen molar-refractivity contribution >= 4 is 17.5 Å². The standard InChI is InChI=1S/C24H24O6/c1-11(2)24(28)30-23-12(3)10-16(25)18-15(23)9-8-14-20(18)22(27)13-6-5-7-17(29-4)19(13)21(14)26/h5-9,11-12,16,23,25H,10H2,1-4H3/t12-,16+,23+/m1/s1. The van der Waals surface area contributed by atoms with Gasteiger partial charge in [0.2, 0.25) is 0 Å². The Morgan fingerprint density at radius 3 is 2.40 bits per heavy atom. The minimum atomic E-state index is -0.928. The Hall–Kier alpha value is -2.99. The summed E-state index contributed by atoms with van der Waals surface area (Å²) in [5, 5.41) is 10.9. The zero-order valence-electron chi connectivity index (χ0n) is 17.4. The number of methoxy groups -OCH3 is 1. The molecule has 6 nitrogen and oxygen atoms in total. The molecular weight excluding hydrogens is 384 g/mol. The van der Waals surface area contributed by atoms with Crippen molar-refractivity contribution in [1.82, 2.24) is 0 Å². The highest BCUT2D eigenvalue weighted by atomic mass is 16.5. The van der Waals surface area contributed by atoms with E-state index in [4.69, 9.17) is 9.47 Å².